The minimum atomic E-state index is -0.552. The predicted octanol–water partition coefficient (Wildman–Crippen LogP) is 1.96. The maximum atomic E-state index is 9.78. The van der Waals surface area contributed by atoms with Gasteiger partial charge in [0.1, 0.15) is 0 Å². The van der Waals surface area contributed by atoms with Crippen molar-refractivity contribution < 1.29 is 5.11 Å². The molecule has 0 spiro atoms. The zero-order valence-electron chi connectivity index (χ0n) is 11.9. The first-order valence-electron chi connectivity index (χ1n) is 7.18. The van der Waals surface area contributed by atoms with Crippen molar-refractivity contribution in [2.75, 3.05) is 39.3 Å². The molecule has 1 aliphatic heterocycles. The minimum Gasteiger partial charge on any atom is -0.389 e. The summed E-state index contributed by atoms with van der Waals surface area (Å²) < 4.78 is 0. The molecule has 0 aromatic rings. The van der Waals surface area contributed by atoms with Crippen LogP contribution in [-0.4, -0.2) is 59.8 Å². The number of aliphatic hydroxyl groups is 1. The van der Waals surface area contributed by atoms with Gasteiger partial charge in [-0.3, -0.25) is 4.90 Å². The standard InChI is InChI=1S/C14H30N2O/c1-4-5-6-7-8-15-9-11-16(12-10-15)13-14(2,3)17/h17H,4-13H2,1-3H3. The SMILES string of the molecule is CCCCCCN1CCN(CC(C)(C)O)CC1. The molecule has 17 heavy (non-hydrogen) atoms. The van der Waals surface area contributed by atoms with Crippen molar-refractivity contribution in [2.45, 2.75) is 52.1 Å². The molecule has 3 nitrogen and oxygen atoms in total. The number of β-amino-alcohol motifs (C(OH)–C–C–N with tert-alkyl or cyclic N) is 1. The summed E-state index contributed by atoms with van der Waals surface area (Å²) in [7, 11) is 0. The van der Waals surface area contributed by atoms with Crippen molar-refractivity contribution >= 4 is 0 Å². The molecule has 0 saturated carbocycles. The lowest BCUT2D eigenvalue weighted by atomic mass is 10.1. The van der Waals surface area contributed by atoms with E-state index >= 15 is 0 Å². The normalized spacial score (nSPS) is 19.8. The van der Waals surface area contributed by atoms with Crippen molar-refractivity contribution in [3.05, 3.63) is 0 Å². The van der Waals surface area contributed by atoms with Gasteiger partial charge in [-0.2, -0.15) is 0 Å². The third-order valence-electron chi connectivity index (χ3n) is 3.40. The molecule has 3 heteroatoms. The van der Waals surface area contributed by atoms with E-state index in [0.29, 0.717) is 0 Å². The Morgan fingerprint density at radius 2 is 1.53 bits per heavy atom. The van der Waals surface area contributed by atoms with Crippen LogP contribution in [0.3, 0.4) is 0 Å². The van der Waals surface area contributed by atoms with E-state index in [-0.39, 0.29) is 0 Å². The van der Waals surface area contributed by atoms with Crippen LogP contribution in [0.4, 0.5) is 0 Å². The zero-order chi connectivity index (χ0) is 12.7. The Morgan fingerprint density at radius 1 is 0.941 bits per heavy atom. The summed E-state index contributed by atoms with van der Waals surface area (Å²) in [4.78, 5) is 4.94. The molecule has 1 N–H and O–H groups in total. The Kier molecular flexibility index (Phi) is 6.45. The van der Waals surface area contributed by atoms with E-state index in [0.717, 1.165) is 19.6 Å². The molecule has 0 aromatic heterocycles. The lowest BCUT2D eigenvalue weighted by Gasteiger charge is -2.37. The second kappa shape index (κ2) is 7.34. The Hall–Kier alpha value is -0.120. The molecule has 1 saturated heterocycles. The first-order valence-corrected chi connectivity index (χ1v) is 7.18. The maximum absolute atomic E-state index is 9.78. The van der Waals surface area contributed by atoms with Crippen LogP contribution in [0.25, 0.3) is 0 Å². The van der Waals surface area contributed by atoms with Gasteiger partial charge in [-0.25, -0.2) is 0 Å². The van der Waals surface area contributed by atoms with Crippen LogP contribution in [0.5, 0.6) is 0 Å². The van der Waals surface area contributed by atoms with Crippen molar-refractivity contribution in [3.63, 3.8) is 0 Å². The molecule has 0 bridgehead atoms. The average Bonchev–Trinajstić information content (AvgIpc) is 2.25. The Bertz CT molecular complexity index is 193. The summed E-state index contributed by atoms with van der Waals surface area (Å²) in [5.74, 6) is 0. The van der Waals surface area contributed by atoms with Crippen molar-refractivity contribution in [3.8, 4) is 0 Å². The number of nitrogens with zero attached hydrogens (tertiary/aromatic N) is 2. The van der Waals surface area contributed by atoms with Crippen molar-refractivity contribution in [1.82, 2.24) is 9.80 Å². The lowest BCUT2D eigenvalue weighted by Crippen LogP contribution is -2.50. The van der Waals surface area contributed by atoms with E-state index in [1.165, 1.54) is 45.3 Å². The lowest BCUT2D eigenvalue weighted by molar-refractivity contribution is 0.0176. The van der Waals surface area contributed by atoms with Crippen LogP contribution in [0, 0.1) is 0 Å². The van der Waals surface area contributed by atoms with Gasteiger partial charge in [0.2, 0.25) is 0 Å². The Balaban J connectivity index is 2.09. The van der Waals surface area contributed by atoms with Gasteiger partial charge in [-0.1, -0.05) is 26.2 Å². The molecule has 1 fully saturated rings. The van der Waals surface area contributed by atoms with E-state index < -0.39 is 5.60 Å². The second-order valence-electron chi connectivity index (χ2n) is 5.99. The van der Waals surface area contributed by atoms with Gasteiger partial charge in [0.05, 0.1) is 5.60 Å². The fourth-order valence-corrected chi connectivity index (χ4v) is 2.48. The van der Waals surface area contributed by atoms with Gasteiger partial charge >= 0.3 is 0 Å². The summed E-state index contributed by atoms with van der Waals surface area (Å²) in [5.41, 5.74) is -0.552. The number of hydrogen-bond donors (Lipinski definition) is 1. The summed E-state index contributed by atoms with van der Waals surface area (Å²) in [6, 6.07) is 0. The first kappa shape index (κ1) is 14.9. The van der Waals surface area contributed by atoms with Crippen LogP contribution < -0.4 is 0 Å². The fourth-order valence-electron chi connectivity index (χ4n) is 2.48. The van der Waals surface area contributed by atoms with Crippen LogP contribution in [0.15, 0.2) is 0 Å². The number of rotatable bonds is 7. The molecule has 1 aliphatic rings. The van der Waals surface area contributed by atoms with E-state index in [1.807, 2.05) is 13.8 Å². The average molecular weight is 242 g/mol. The number of piperazine rings is 1. The summed E-state index contributed by atoms with van der Waals surface area (Å²) in [6.45, 7) is 12.7. The molecule has 0 unspecified atom stereocenters. The maximum Gasteiger partial charge on any atom is 0.0718 e. The molecule has 1 heterocycles. The second-order valence-corrected chi connectivity index (χ2v) is 5.99. The Morgan fingerprint density at radius 3 is 2.06 bits per heavy atom. The molecule has 0 aromatic carbocycles. The highest BCUT2D eigenvalue weighted by Gasteiger charge is 2.22. The van der Waals surface area contributed by atoms with Crippen LogP contribution in [0.2, 0.25) is 0 Å². The van der Waals surface area contributed by atoms with E-state index in [9.17, 15) is 5.11 Å². The monoisotopic (exact) mass is 242 g/mol. The fraction of sp³-hybridized carbons (Fsp3) is 1.00. The molecule has 0 atom stereocenters. The van der Waals surface area contributed by atoms with Crippen LogP contribution in [0.1, 0.15) is 46.5 Å². The summed E-state index contributed by atoms with van der Waals surface area (Å²) in [6.07, 6.45) is 5.41. The third kappa shape index (κ3) is 7.02. The van der Waals surface area contributed by atoms with Gasteiger partial charge in [-0.15, -0.1) is 0 Å². The number of hydrogen-bond acceptors (Lipinski definition) is 3. The quantitative estimate of drug-likeness (QED) is 0.691. The smallest absolute Gasteiger partial charge is 0.0718 e. The summed E-state index contributed by atoms with van der Waals surface area (Å²) >= 11 is 0. The first-order chi connectivity index (χ1) is 8.01. The highest BCUT2D eigenvalue weighted by Crippen LogP contribution is 2.09. The van der Waals surface area contributed by atoms with Crippen LogP contribution in [-0.2, 0) is 0 Å². The highest BCUT2D eigenvalue weighted by molar-refractivity contribution is 4.77. The van der Waals surface area contributed by atoms with Crippen LogP contribution >= 0.6 is 0 Å². The molecule has 0 amide bonds. The molecule has 0 aliphatic carbocycles. The highest BCUT2D eigenvalue weighted by atomic mass is 16.3. The van der Waals surface area contributed by atoms with Crippen molar-refractivity contribution in [2.24, 2.45) is 0 Å². The van der Waals surface area contributed by atoms with Gasteiger partial charge in [0.25, 0.3) is 0 Å². The molecule has 102 valence electrons. The Labute approximate surface area is 107 Å². The molecular formula is C14H30N2O. The van der Waals surface area contributed by atoms with Gasteiger partial charge in [0, 0.05) is 32.7 Å². The molecule has 0 radical (unpaired) electrons. The third-order valence-corrected chi connectivity index (χ3v) is 3.40. The van der Waals surface area contributed by atoms with E-state index in [1.54, 1.807) is 0 Å². The molecular weight excluding hydrogens is 212 g/mol. The zero-order valence-corrected chi connectivity index (χ0v) is 11.9. The van der Waals surface area contributed by atoms with Crippen molar-refractivity contribution in [1.29, 1.82) is 0 Å². The van der Waals surface area contributed by atoms with Gasteiger partial charge in [0.15, 0.2) is 0 Å². The minimum absolute atomic E-state index is 0.552. The predicted molar refractivity (Wildman–Crippen MR) is 73.3 cm³/mol. The molecule has 1 rings (SSSR count). The van der Waals surface area contributed by atoms with Gasteiger partial charge in [-0.05, 0) is 26.8 Å². The summed E-state index contributed by atoms with van der Waals surface area (Å²) in [5, 5.41) is 9.78. The topological polar surface area (TPSA) is 26.7 Å². The van der Waals surface area contributed by atoms with Gasteiger partial charge < -0.3 is 10.0 Å². The number of unbranched alkanes of at least 4 members (excludes halogenated alkanes) is 3. The van der Waals surface area contributed by atoms with E-state index in [2.05, 4.69) is 16.7 Å². The van der Waals surface area contributed by atoms with E-state index in [4.69, 9.17) is 0 Å². The largest absolute Gasteiger partial charge is 0.389 e.